The van der Waals surface area contributed by atoms with E-state index in [-0.39, 0.29) is 0 Å². The first-order chi connectivity index (χ1) is 6.75. The number of nitrogens with two attached hydrogens (primary N) is 1. The van der Waals surface area contributed by atoms with Gasteiger partial charge in [-0.1, -0.05) is 23.7 Å². The molecule has 1 aromatic heterocycles. The number of nitrogens with zero attached hydrogens (tertiary/aromatic N) is 1. The van der Waals surface area contributed by atoms with Crippen molar-refractivity contribution in [3.63, 3.8) is 0 Å². The van der Waals surface area contributed by atoms with Gasteiger partial charge in [-0.3, -0.25) is 4.98 Å². The predicted octanol–water partition coefficient (Wildman–Crippen LogP) is 2.98. The molecule has 2 rings (SSSR count). The number of rotatable bonds is 1. The number of benzene rings is 1. The van der Waals surface area contributed by atoms with E-state index in [1.165, 1.54) is 0 Å². The normalized spacial score (nSPS) is 10.1. The molecule has 0 amide bonds. The number of nitrogen functional groups attached to an aromatic ring is 1. The SMILES string of the molecule is Nc1ccc(-c2ccc(Cl)cn2)cc1. The van der Waals surface area contributed by atoms with E-state index in [9.17, 15) is 0 Å². The second-order valence-corrected chi connectivity index (χ2v) is 3.42. The van der Waals surface area contributed by atoms with E-state index in [4.69, 9.17) is 17.3 Å². The first-order valence-electron chi connectivity index (χ1n) is 4.23. The second-order valence-electron chi connectivity index (χ2n) is 2.98. The molecule has 0 fully saturated rings. The topological polar surface area (TPSA) is 38.9 Å². The fourth-order valence-corrected chi connectivity index (χ4v) is 1.31. The number of hydrogen-bond acceptors (Lipinski definition) is 2. The van der Waals surface area contributed by atoms with Crippen molar-refractivity contribution in [3.8, 4) is 11.3 Å². The van der Waals surface area contributed by atoms with Crippen LogP contribution in [0.25, 0.3) is 11.3 Å². The van der Waals surface area contributed by atoms with Crippen LogP contribution in [0.15, 0.2) is 42.6 Å². The zero-order valence-corrected chi connectivity index (χ0v) is 8.20. The molecule has 1 aromatic carbocycles. The van der Waals surface area contributed by atoms with Crippen LogP contribution in [0.1, 0.15) is 0 Å². The van der Waals surface area contributed by atoms with Gasteiger partial charge >= 0.3 is 0 Å². The van der Waals surface area contributed by atoms with E-state index < -0.39 is 0 Å². The lowest BCUT2D eigenvalue weighted by atomic mass is 10.1. The first kappa shape index (κ1) is 9.03. The molecule has 1 heterocycles. The molecule has 0 bridgehead atoms. The largest absolute Gasteiger partial charge is 0.399 e. The molecule has 0 spiro atoms. The molecule has 2 nitrogen and oxygen atoms in total. The molecule has 0 aliphatic carbocycles. The van der Waals surface area contributed by atoms with Gasteiger partial charge in [-0.25, -0.2) is 0 Å². The van der Waals surface area contributed by atoms with E-state index >= 15 is 0 Å². The van der Waals surface area contributed by atoms with Gasteiger partial charge in [0.2, 0.25) is 0 Å². The Hall–Kier alpha value is -1.54. The quantitative estimate of drug-likeness (QED) is 0.726. The fourth-order valence-electron chi connectivity index (χ4n) is 1.20. The number of hydrogen-bond donors (Lipinski definition) is 1. The molecule has 70 valence electrons. The summed E-state index contributed by atoms with van der Waals surface area (Å²) in [7, 11) is 0. The summed E-state index contributed by atoms with van der Waals surface area (Å²) in [5, 5.41) is 0.643. The summed E-state index contributed by atoms with van der Waals surface area (Å²) in [5.41, 5.74) is 8.28. The molecule has 0 radical (unpaired) electrons. The molecule has 0 saturated heterocycles. The molecule has 3 heteroatoms. The molecule has 2 N–H and O–H groups in total. The van der Waals surface area contributed by atoms with Crippen LogP contribution in [0.4, 0.5) is 5.69 Å². The van der Waals surface area contributed by atoms with Gasteiger partial charge in [-0.2, -0.15) is 0 Å². The Balaban J connectivity index is 2.40. The number of aromatic nitrogens is 1. The summed E-state index contributed by atoms with van der Waals surface area (Å²) in [6, 6.07) is 11.3. The Labute approximate surface area is 87.4 Å². The molecule has 0 saturated carbocycles. The van der Waals surface area contributed by atoms with Crippen LogP contribution >= 0.6 is 11.6 Å². The van der Waals surface area contributed by atoms with Crippen LogP contribution in [-0.2, 0) is 0 Å². The van der Waals surface area contributed by atoms with Crippen molar-refractivity contribution in [3.05, 3.63) is 47.6 Å². The van der Waals surface area contributed by atoms with Crippen LogP contribution in [0.3, 0.4) is 0 Å². The summed E-state index contributed by atoms with van der Waals surface area (Å²) >= 11 is 5.74. The van der Waals surface area contributed by atoms with Crippen LogP contribution in [0.2, 0.25) is 5.02 Å². The van der Waals surface area contributed by atoms with Crippen molar-refractivity contribution in [2.75, 3.05) is 5.73 Å². The van der Waals surface area contributed by atoms with Gasteiger partial charge in [0.05, 0.1) is 10.7 Å². The molecular formula is C11H9ClN2. The van der Waals surface area contributed by atoms with Crippen molar-refractivity contribution in [1.82, 2.24) is 4.98 Å². The minimum absolute atomic E-state index is 0.643. The molecule has 0 aliphatic rings. The van der Waals surface area contributed by atoms with Gasteiger partial charge in [-0.15, -0.1) is 0 Å². The Bertz CT molecular complexity index is 377. The molecule has 0 atom stereocenters. The highest BCUT2D eigenvalue weighted by molar-refractivity contribution is 6.30. The van der Waals surface area contributed by atoms with Gasteiger partial charge in [-0.05, 0) is 24.3 Å². The Morgan fingerprint density at radius 2 is 1.71 bits per heavy atom. The summed E-state index contributed by atoms with van der Waals surface area (Å²) in [6.45, 7) is 0. The number of halogens is 1. The third-order valence-corrected chi connectivity index (χ3v) is 2.16. The Kier molecular flexibility index (Phi) is 2.37. The lowest BCUT2D eigenvalue weighted by molar-refractivity contribution is 1.33. The van der Waals surface area contributed by atoms with Crippen molar-refractivity contribution >= 4 is 17.3 Å². The maximum Gasteiger partial charge on any atom is 0.0703 e. The average Bonchev–Trinajstić information content (AvgIpc) is 2.21. The smallest absolute Gasteiger partial charge is 0.0703 e. The van der Waals surface area contributed by atoms with E-state index in [2.05, 4.69) is 4.98 Å². The molecule has 0 unspecified atom stereocenters. The highest BCUT2D eigenvalue weighted by Crippen LogP contribution is 2.19. The summed E-state index contributed by atoms with van der Waals surface area (Å²) in [5.74, 6) is 0. The van der Waals surface area contributed by atoms with E-state index in [1.807, 2.05) is 36.4 Å². The fraction of sp³-hybridized carbons (Fsp3) is 0. The van der Waals surface area contributed by atoms with Crippen LogP contribution < -0.4 is 5.73 Å². The van der Waals surface area contributed by atoms with Gasteiger partial charge in [0.25, 0.3) is 0 Å². The maximum atomic E-state index is 5.74. The zero-order valence-electron chi connectivity index (χ0n) is 7.44. The molecule has 14 heavy (non-hydrogen) atoms. The predicted molar refractivity (Wildman–Crippen MR) is 59.1 cm³/mol. The van der Waals surface area contributed by atoms with E-state index in [0.717, 1.165) is 16.9 Å². The summed E-state index contributed by atoms with van der Waals surface area (Å²) in [4.78, 5) is 4.21. The lowest BCUT2D eigenvalue weighted by Gasteiger charge is -2.00. The van der Waals surface area contributed by atoms with Crippen LogP contribution in [0.5, 0.6) is 0 Å². The van der Waals surface area contributed by atoms with Crippen molar-refractivity contribution in [1.29, 1.82) is 0 Å². The molecular weight excluding hydrogens is 196 g/mol. The minimum atomic E-state index is 0.643. The number of anilines is 1. The summed E-state index contributed by atoms with van der Waals surface area (Å²) < 4.78 is 0. The standard InChI is InChI=1S/C11H9ClN2/c12-9-3-6-11(14-7-9)8-1-4-10(13)5-2-8/h1-7H,13H2. The van der Waals surface area contributed by atoms with Crippen molar-refractivity contribution in [2.45, 2.75) is 0 Å². The number of pyridine rings is 1. The van der Waals surface area contributed by atoms with Gasteiger partial charge < -0.3 is 5.73 Å². The zero-order chi connectivity index (χ0) is 9.97. The van der Waals surface area contributed by atoms with Crippen molar-refractivity contribution in [2.24, 2.45) is 0 Å². The van der Waals surface area contributed by atoms with Gasteiger partial charge in [0.15, 0.2) is 0 Å². The summed E-state index contributed by atoms with van der Waals surface area (Å²) in [6.07, 6.45) is 1.63. The first-order valence-corrected chi connectivity index (χ1v) is 4.61. The average molecular weight is 205 g/mol. The van der Waals surface area contributed by atoms with Gasteiger partial charge in [0.1, 0.15) is 0 Å². The van der Waals surface area contributed by atoms with E-state index in [0.29, 0.717) is 5.02 Å². The highest BCUT2D eigenvalue weighted by atomic mass is 35.5. The maximum absolute atomic E-state index is 5.74. The minimum Gasteiger partial charge on any atom is -0.399 e. The third kappa shape index (κ3) is 1.86. The highest BCUT2D eigenvalue weighted by Gasteiger charge is 1.97. The Morgan fingerprint density at radius 1 is 1.00 bits per heavy atom. The molecule has 0 aliphatic heterocycles. The van der Waals surface area contributed by atoms with Crippen LogP contribution in [-0.4, -0.2) is 4.98 Å². The lowest BCUT2D eigenvalue weighted by Crippen LogP contribution is -1.85. The second kappa shape index (κ2) is 3.68. The molecule has 2 aromatic rings. The van der Waals surface area contributed by atoms with Crippen LogP contribution in [0, 0.1) is 0 Å². The Morgan fingerprint density at radius 3 is 2.29 bits per heavy atom. The third-order valence-electron chi connectivity index (χ3n) is 1.93. The van der Waals surface area contributed by atoms with E-state index in [1.54, 1.807) is 6.20 Å². The monoisotopic (exact) mass is 204 g/mol. The van der Waals surface area contributed by atoms with Gasteiger partial charge in [0, 0.05) is 17.4 Å². The van der Waals surface area contributed by atoms with Crippen molar-refractivity contribution < 1.29 is 0 Å².